The van der Waals surface area contributed by atoms with Crippen LogP contribution in [0.3, 0.4) is 0 Å². The molecule has 0 radical (unpaired) electrons. The minimum atomic E-state index is -4.78. The first kappa shape index (κ1) is 16.0. The summed E-state index contributed by atoms with van der Waals surface area (Å²) < 4.78 is 41.4. The molecule has 0 bridgehead atoms. The molecule has 1 heterocycles. The maximum atomic E-state index is 13.5. The molecule has 0 unspecified atom stereocenters. The molecule has 3 nitrogen and oxygen atoms in total. The Morgan fingerprint density at radius 2 is 1.58 bits per heavy atom. The van der Waals surface area contributed by atoms with E-state index in [4.69, 9.17) is 0 Å². The fourth-order valence-electron chi connectivity index (χ4n) is 2.43. The largest absolute Gasteiger partial charge is 0.422 e. The lowest BCUT2D eigenvalue weighted by Crippen LogP contribution is -2.30. The van der Waals surface area contributed by atoms with E-state index in [1.54, 1.807) is 42.5 Å². The highest BCUT2D eigenvalue weighted by Gasteiger charge is 2.38. The van der Waals surface area contributed by atoms with Gasteiger partial charge in [-0.2, -0.15) is 23.0 Å². The molecule has 0 atom stereocenters. The van der Waals surface area contributed by atoms with Crippen LogP contribution in [0.4, 0.5) is 13.2 Å². The van der Waals surface area contributed by atoms with Crippen LogP contribution in [0.25, 0.3) is 16.8 Å². The van der Waals surface area contributed by atoms with Crippen molar-refractivity contribution < 1.29 is 13.2 Å². The Labute approximate surface area is 136 Å². The van der Waals surface area contributed by atoms with E-state index in [0.717, 1.165) is 16.4 Å². The van der Waals surface area contributed by atoms with Crippen molar-refractivity contribution in [2.75, 3.05) is 0 Å². The summed E-state index contributed by atoms with van der Waals surface area (Å²) in [5, 5.41) is 3.93. The van der Waals surface area contributed by atoms with Crippen molar-refractivity contribution in [2.24, 2.45) is 0 Å². The normalized spacial score (nSPS) is 11.5. The second kappa shape index (κ2) is 5.96. The molecule has 0 N–H and O–H groups in total. The topological polar surface area (TPSA) is 34.9 Å². The molecule has 0 aliphatic carbocycles. The number of aryl methyl sites for hydroxylation is 1. The fraction of sp³-hybridized carbons (Fsp3) is 0.111. The molecule has 6 heteroatoms. The Bertz CT molecular complexity index is 914. The third-order valence-corrected chi connectivity index (χ3v) is 3.62. The molecule has 3 aromatic rings. The van der Waals surface area contributed by atoms with Crippen LogP contribution < -0.4 is 5.56 Å². The minimum absolute atomic E-state index is 0.223. The van der Waals surface area contributed by atoms with Gasteiger partial charge in [0.25, 0.3) is 5.56 Å². The Morgan fingerprint density at radius 3 is 2.17 bits per heavy atom. The zero-order chi connectivity index (χ0) is 17.3. The van der Waals surface area contributed by atoms with Gasteiger partial charge >= 0.3 is 6.18 Å². The van der Waals surface area contributed by atoms with Gasteiger partial charge in [0.15, 0.2) is 0 Å². The average molecular weight is 330 g/mol. The molecule has 0 fully saturated rings. The highest BCUT2D eigenvalue weighted by molar-refractivity contribution is 5.67. The highest BCUT2D eigenvalue weighted by Crippen LogP contribution is 2.34. The smallest absolute Gasteiger partial charge is 0.267 e. The van der Waals surface area contributed by atoms with Crippen molar-refractivity contribution in [2.45, 2.75) is 13.1 Å². The van der Waals surface area contributed by atoms with Gasteiger partial charge in [-0.3, -0.25) is 4.79 Å². The van der Waals surface area contributed by atoms with Crippen LogP contribution in [0.2, 0.25) is 0 Å². The Kier molecular flexibility index (Phi) is 3.97. The van der Waals surface area contributed by atoms with Gasteiger partial charge in [0.05, 0.1) is 11.9 Å². The number of para-hydroxylation sites is 1. The maximum absolute atomic E-state index is 13.5. The molecule has 0 spiro atoms. The molecule has 0 amide bonds. The number of benzene rings is 2. The molecule has 0 saturated heterocycles. The lowest BCUT2D eigenvalue weighted by atomic mass is 10.0. The van der Waals surface area contributed by atoms with E-state index in [2.05, 4.69) is 5.10 Å². The van der Waals surface area contributed by atoms with Gasteiger partial charge in [0.2, 0.25) is 0 Å². The lowest BCUT2D eigenvalue weighted by molar-refractivity contribution is -0.138. The number of nitrogens with zero attached hydrogens (tertiary/aromatic N) is 2. The van der Waals surface area contributed by atoms with Crippen LogP contribution in [0, 0.1) is 6.92 Å². The summed E-state index contributed by atoms with van der Waals surface area (Å²) in [6, 6.07) is 14.5. The zero-order valence-electron chi connectivity index (χ0n) is 12.7. The fourth-order valence-corrected chi connectivity index (χ4v) is 2.43. The summed E-state index contributed by atoms with van der Waals surface area (Å²) in [5.41, 5.74) is -1.13. The van der Waals surface area contributed by atoms with Gasteiger partial charge in [0.1, 0.15) is 5.56 Å². The summed E-state index contributed by atoms with van der Waals surface area (Å²) in [6.45, 7) is 1.83. The van der Waals surface area contributed by atoms with E-state index in [1.165, 1.54) is 12.1 Å². The summed E-state index contributed by atoms with van der Waals surface area (Å²) >= 11 is 0. The number of hydrogen-bond acceptors (Lipinski definition) is 2. The quantitative estimate of drug-likeness (QED) is 0.705. The number of aromatic nitrogens is 2. The van der Waals surface area contributed by atoms with Crippen molar-refractivity contribution >= 4 is 0 Å². The van der Waals surface area contributed by atoms with E-state index >= 15 is 0 Å². The van der Waals surface area contributed by atoms with Gasteiger partial charge in [0, 0.05) is 5.56 Å². The van der Waals surface area contributed by atoms with Crippen LogP contribution in [0.15, 0.2) is 65.6 Å². The predicted molar refractivity (Wildman–Crippen MR) is 85.0 cm³/mol. The number of rotatable bonds is 2. The summed E-state index contributed by atoms with van der Waals surface area (Å²) in [5.74, 6) is 0. The van der Waals surface area contributed by atoms with Gasteiger partial charge in [-0.1, -0.05) is 48.0 Å². The first-order chi connectivity index (χ1) is 11.4. The Morgan fingerprint density at radius 1 is 0.958 bits per heavy atom. The Hall–Kier alpha value is -2.89. The van der Waals surface area contributed by atoms with Crippen LogP contribution in [0.5, 0.6) is 0 Å². The number of halogens is 3. The zero-order valence-corrected chi connectivity index (χ0v) is 12.7. The predicted octanol–water partition coefficient (Wildman–Crippen LogP) is 4.23. The Balaban J connectivity index is 2.27. The molecule has 3 rings (SSSR count). The number of hydrogen-bond donors (Lipinski definition) is 0. The van der Waals surface area contributed by atoms with E-state index in [1.807, 2.05) is 6.92 Å². The molecule has 0 aliphatic rings. The van der Waals surface area contributed by atoms with Gasteiger partial charge < -0.3 is 0 Å². The van der Waals surface area contributed by atoms with Crippen LogP contribution in [-0.2, 0) is 6.18 Å². The van der Waals surface area contributed by atoms with Crippen LogP contribution in [-0.4, -0.2) is 9.78 Å². The van der Waals surface area contributed by atoms with Crippen molar-refractivity contribution in [1.82, 2.24) is 9.78 Å². The maximum Gasteiger partial charge on any atom is 0.422 e. The molecule has 2 aromatic carbocycles. The second-order valence-electron chi connectivity index (χ2n) is 5.35. The third kappa shape index (κ3) is 2.95. The summed E-state index contributed by atoms with van der Waals surface area (Å²) in [7, 11) is 0. The standard InChI is InChI=1S/C18H13F3N2O/c1-12-7-9-13(10-8-12)15-11-22-23(14-5-3-2-4-6-14)17(24)16(15)18(19,20)21/h2-11H,1H3. The lowest BCUT2D eigenvalue weighted by Gasteiger charge is -2.14. The summed E-state index contributed by atoms with van der Waals surface area (Å²) in [6.07, 6.45) is -3.70. The van der Waals surface area contributed by atoms with Crippen molar-refractivity contribution in [3.63, 3.8) is 0 Å². The van der Waals surface area contributed by atoms with E-state index in [0.29, 0.717) is 5.56 Å². The third-order valence-electron chi connectivity index (χ3n) is 3.62. The van der Waals surface area contributed by atoms with E-state index in [-0.39, 0.29) is 11.3 Å². The molecule has 0 saturated carbocycles. The molecule has 24 heavy (non-hydrogen) atoms. The number of alkyl halides is 3. The molecular formula is C18H13F3N2O. The molecular weight excluding hydrogens is 317 g/mol. The monoisotopic (exact) mass is 330 g/mol. The van der Waals surface area contributed by atoms with Crippen molar-refractivity contribution in [1.29, 1.82) is 0 Å². The van der Waals surface area contributed by atoms with Crippen LogP contribution >= 0.6 is 0 Å². The van der Waals surface area contributed by atoms with Crippen LogP contribution in [0.1, 0.15) is 11.1 Å². The van der Waals surface area contributed by atoms with Gasteiger partial charge in [-0.25, -0.2) is 0 Å². The van der Waals surface area contributed by atoms with Gasteiger partial charge in [-0.15, -0.1) is 0 Å². The van der Waals surface area contributed by atoms with Crippen molar-refractivity contribution in [3.8, 4) is 16.8 Å². The second-order valence-corrected chi connectivity index (χ2v) is 5.35. The SMILES string of the molecule is Cc1ccc(-c2cnn(-c3ccccc3)c(=O)c2C(F)(F)F)cc1. The molecule has 1 aromatic heterocycles. The first-order valence-electron chi connectivity index (χ1n) is 7.20. The average Bonchev–Trinajstić information content (AvgIpc) is 2.55. The minimum Gasteiger partial charge on any atom is -0.267 e. The molecule has 122 valence electrons. The first-order valence-corrected chi connectivity index (χ1v) is 7.20. The summed E-state index contributed by atoms with van der Waals surface area (Å²) in [4.78, 5) is 12.5. The molecule has 0 aliphatic heterocycles. The van der Waals surface area contributed by atoms with E-state index < -0.39 is 17.3 Å². The highest BCUT2D eigenvalue weighted by atomic mass is 19.4. The van der Waals surface area contributed by atoms with E-state index in [9.17, 15) is 18.0 Å². The van der Waals surface area contributed by atoms with Gasteiger partial charge in [-0.05, 0) is 24.6 Å². The van der Waals surface area contributed by atoms with Crippen molar-refractivity contribution in [3.05, 3.63) is 82.3 Å².